The van der Waals surface area contributed by atoms with E-state index in [0.717, 1.165) is 16.2 Å². The Morgan fingerprint density at radius 2 is 1.93 bits per heavy atom. The molecule has 0 atom stereocenters. The number of aryl methyl sites for hydroxylation is 1. The van der Waals surface area contributed by atoms with Crippen LogP contribution in [0.3, 0.4) is 0 Å². The van der Waals surface area contributed by atoms with Crippen LogP contribution in [0.2, 0.25) is 0 Å². The highest BCUT2D eigenvalue weighted by atomic mass is 32.2. The van der Waals surface area contributed by atoms with Crippen molar-refractivity contribution in [2.45, 2.75) is 6.92 Å². The molecule has 0 aliphatic heterocycles. The van der Waals surface area contributed by atoms with Gasteiger partial charge in [0.1, 0.15) is 12.2 Å². The number of thioether (sulfide) groups is 2. The van der Waals surface area contributed by atoms with Gasteiger partial charge in [0.05, 0.1) is 6.21 Å². The van der Waals surface area contributed by atoms with Crippen molar-refractivity contribution in [3.05, 3.63) is 70.8 Å². The van der Waals surface area contributed by atoms with Gasteiger partial charge in [-0.2, -0.15) is 16.9 Å². The van der Waals surface area contributed by atoms with Crippen LogP contribution < -0.4 is 0 Å². The summed E-state index contributed by atoms with van der Waals surface area (Å²) in [5.41, 5.74) is 2.96. The molecule has 0 spiro atoms. The predicted molar refractivity (Wildman–Crippen MR) is 119 cm³/mol. The molecule has 0 saturated carbocycles. The number of carboxylic acid groups (broad SMARTS) is 1. The third-order valence-electron chi connectivity index (χ3n) is 3.51. The van der Waals surface area contributed by atoms with Gasteiger partial charge in [0.25, 0.3) is 0 Å². The lowest BCUT2D eigenvalue weighted by Crippen LogP contribution is -2.18. The Balaban J connectivity index is 2.45. The van der Waals surface area contributed by atoms with Crippen molar-refractivity contribution in [3.63, 3.8) is 0 Å². The van der Waals surface area contributed by atoms with Gasteiger partial charge in [-0.05, 0) is 18.7 Å². The Labute approximate surface area is 172 Å². The maximum atomic E-state index is 11.6. The number of oxime groups is 1. The summed E-state index contributed by atoms with van der Waals surface area (Å²) in [6.07, 6.45) is 3.66. The summed E-state index contributed by atoms with van der Waals surface area (Å²) in [4.78, 5) is 16.3. The molecule has 2 aromatic rings. The SMILES string of the molecule is CON=C(C(=O)O)c1ccccc1C(=NN=Cc1cccc(C)c1)SCSC. The molecule has 0 aliphatic rings. The second-order valence-electron chi connectivity index (χ2n) is 5.59. The maximum Gasteiger partial charge on any atom is 0.358 e. The molecule has 0 heterocycles. The zero-order valence-electron chi connectivity index (χ0n) is 15.8. The number of rotatable bonds is 8. The summed E-state index contributed by atoms with van der Waals surface area (Å²) in [7, 11) is 1.31. The monoisotopic (exact) mass is 415 g/mol. The van der Waals surface area contributed by atoms with E-state index in [9.17, 15) is 9.90 Å². The normalized spacial score (nSPS) is 12.4. The topological polar surface area (TPSA) is 83.6 Å². The van der Waals surface area contributed by atoms with Gasteiger partial charge in [-0.3, -0.25) is 0 Å². The van der Waals surface area contributed by atoms with E-state index >= 15 is 0 Å². The summed E-state index contributed by atoms with van der Waals surface area (Å²) >= 11 is 3.13. The first-order valence-corrected chi connectivity index (χ1v) is 10.7. The zero-order chi connectivity index (χ0) is 20.4. The first-order chi connectivity index (χ1) is 13.6. The van der Waals surface area contributed by atoms with Crippen LogP contribution in [0.25, 0.3) is 0 Å². The lowest BCUT2D eigenvalue weighted by Gasteiger charge is -2.10. The molecule has 0 unspecified atom stereocenters. The molecule has 2 aromatic carbocycles. The third-order valence-corrected chi connectivity index (χ3v) is 5.50. The van der Waals surface area contributed by atoms with Crippen LogP contribution in [0.5, 0.6) is 0 Å². The van der Waals surface area contributed by atoms with Gasteiger partial charge >= 0.3 is 5.97 Å². The van der Waals surface area contributed by atoms with Crippen LogP contribution in [0.1, 0.15) is 22.3 Å². The summed E-state index contributed by atoms with van der Waals surface area (Å²) in [6, 6.07) is 15.0. The molecule has 146 valence electrons. The average Bonchev–Trinajstić information content (AvgIpc) is 2.68. The van der Waals surface area contributed by atoms with E-state index in [1.807, 2.05) is 43.5 Å². The number of aliphatic carboxylic acids is 1. The van der Waals surface area contributed by atoms with E-state index in [1.54, 1.807) is 36.2 Å². The summed E-state index contributed by atoms with van der Waals surface area (Å²) in [5, 5.41) is 23.1. The van der Waals surface area contributed by atoms with Crippen LogP contribution >= 0.6 is 23.5 Å². The Bertz CT molecular complexity index is 911. The maximum absolute atomic E-state index is 11.6. The summed E-state index contributed by atoms with van der Waals surface area (Å²) in [6.45, 7) is 2.01. The minimum absolute atomic E-state index is 0.182. The summed E-state index contributed by atoms with van der Waals surface area (Å²) in [5.74, 6) is -1.17. The lowest BCUT2D eigenvalue weighted by molar-refractivity contribution is -0.129. The minimum atomic E-state index is -1.17. The highest BCUT2D eigenvalue weighted by Gasteiger charge is 2.20. The van der Waals surface area contributed by atoms with Gasteiger partial charge in [0, 0.05) is 16.2 Å². The second-order valence-corrected chi connectivity index (χ2v) is 7.78. The van der Waals surface area contributed by atoms with Crippen LogP contribution in [0, 0.1) is 6.92 Å². The lowest BCUT2D eigenvalue weighted by atomic mass is 10.0. The van der Waals surface area contributed by atoms with Gasteiger partial charge in [-0.1, -0.05) is 71.0 Å². The Kier molecular flexibility index (Phi) is 8.77. The standard InChI is InChI=1S/C20H21N3O3S2/c1-14-7-6-8-15(11-14)12-21-22-19(28-13-27-3)17-10-5-4-9-16(17)18(20(24)25)23-26-2/h4-12H,13H2,1-3H3,(H,24,25). The molecule has 0 aromatic heterocycles. The van der Waals surface area contributed by atoms with Crippen molar-refractivity contribution < 1.29 is 14.7 Å². The minimum Gasteiger partial charge on any atom is -0.476 e. The van der Waals surface area contributed by atoms with Gasteiger partial charge < -0.3 is 9.94 Å². The molecule has 0 saturated heterocycles. The van der Waals surface area contributed by atoms with Crippen LogP contribution in [-0.4, -0.2) is 46.5 Å². The fourth-order valence-corrected chi connectivity index (χ4v) is 3.70. The molecule has 2 rings (SSSR count). The van der Waals surface area contributed by atoms with Crippen molar-refractivity contribution in [2.75, 3.05) is 18.5 Å². The Hall–Kier alpha value is -2.58. The van der Waals surface area contributed by atoms with Crippen molar-refractivity contribution in [1.82, 2.24) is 0 Å². The van der Waals surface area contributed by atoms with Gasteiger partial charge in [0.2, 0.25) is 0 Å². The molecular formula is C20H21N3O3S2. The third kappa shape index (κ3) is 6.24. The number of carboxylic acids is 1. The molecule has 0 fully saturated rings. The van der Waals surface area contributed by atoms with Crippen LogP contribution in [0.15, 0.2) is 63.9 Å². The number of hydrogen-bond donors (Lipinski definition) is 1. The Morgan fingerprint density at radius 1 is 1.18 bits per heavy atom. The highest BCUT2D eigenvalue weighted by molar-refractivity contribution is 8.24. The predicted octanol–water partition coefficient (Wildman–Crippen LogP) is 4.26. The molecule has 0 amide bonds. The smallest absolute Gasteiger partial charge is 0.358 e. The molecular weight excluding hydrogens is 394 g/mol. The fraction of sp³-hybridized carbons (Fsp3) is 0.200. The first-order valence-electron chi connectivity index (χ1n) is 8.30. The molecule has 1 N–H and O–H groups in total. The molecule has 8 heteroatoms. The number of carbonyl (C=O) groups is 1. The van der Waals surface area contributed by atoms with Gasteiger partial charge in [-0.25, -0.2) is 4.79 Å². The van der Waals surface area contributed by atoms with Crippen LogP contribution in [0.4, 0.5) is 0 Å². The quantitative estimate of drug-likeness (QED) is 0.301. The summed E-state index contributed by atoms with van der Waals surface area (Å²) < 4.78 is 0. The van der Waals surface area contributed by atoms with Crippen molar-refractivity contribution in [1.29, 1.82) is 0 Å². The first kappa shape index (κ1) is 21.7. The molecule has 0 bridgehead atoms. The van der Waals surface area contributed by atoms with Crippen LogP contribution in [-0.2, 0) is 9.63 Å². The van der Waals surface area contributed by atoms with Gasteiger partial charge in [0.15, 0.2) is 5.71 Å². The number of nitrogens with zero attached hydrogens (tertiary/aromatic N) is 3. The average molecular weight is 416 g/mol. The van der Waals surface area contributed by atoms with Crippen molar-refractivity contribution >= 4 is 46.5 Å². The van der Waals surface area contributed by atoms with Gasteiger partial charge in [-0.15, -0.1) is 5.10 Å². The molecule has 0 radical (unpaired) electrons. The number of hydrogen-bond acceptors (Lipinski definition) is 7. The Morgan fingerprint density at radius 3 is 2.57 bits per heavy atom. The number of benzene rings is 2. The second kappa shape index (κ2) is 11.3. The fourth-order valence-electron chi connectivity index (χ4n) is 2.34. The van der Waals surface area contributed by atoms with E-state index in [2.05, 4.69) is 15.4 Å². The molecule has 28 heavy (non-hydrogen) atoms. The van der Waals surface area contributed by atoms with Crippen molar-refractivity contribution in [2.24, 2.45) is 15.4 Å². The zero-order valence-corrected chi connectivity index (χ0v) is 17.5. The van der Waals surface area contributed by atoms with E-state index in [-0.39, 0.29) is 5.71 Å². The molecule has 0 aliphatic carbocycles. The van der Waals surface area contributed by atoms with E-state index < -0.39 is 5.97 Å². The van der Waals surface area contributed by atoms with E-state index in [1.165, 1.54) is 18.9 Å². The van der Waals surface area contributed by atoms with E-state index in [4.69, 9.17) is 4.84 Å². The van der Waals surface area contributed by atoms with E-state index in [0.29, 0.717) is 16.2 Å². The largest absolute Gasteiger partial charge is 0.476 e. The molecule has 6 nitrogen and oxygen atoms in total. The van der Waals surface area contributed by atoms with Crippen molar-refractivity contribution in [3.8, 4) is 0 Å². The highest BCUT2D eigenvalue weighted by Crippen LogP contribution is 2.22.